The molecule has 21 heavy (non-hydrogen) atoms. The second-order valence-corrected chi connectivity index (χ2v) is 4.80. The molecule has 2 heterocycles. The number of hydrogen-bond donors (Lipinski definition) is 2. The number of nitrogens with zero attached hydrogens (tertiary/aromatic N) is 1. The van der Waals surface area contributed by atoms with Crippen LogP contribution in [0.15, 0.2) is 34.9 Å². The Morgan fingerprint density at radius 3 is 2.71 bits per heavy atom. The Kier molecular flexibility index (Phi) is 5.19. The van der Waals surface area contributed by atoms with Gasteiger partial charge >= 0.3 is 0 Å². The average Bonchev–Trinajstić information content (AvgIpc) is 2.98. The molecule has 110 valence electrons. The summed E-state index contributed by atoms with van der Waals surface area (Å²) in [5.74, 6) is -0.317. The first-order valence-corrected chi connectivity index (χ1v) is 6.71. The highest BCUT2D eigenvalue weighted by Crippen LogP contribution is 2.16. The van der Waals surface area contributed by atoms with Crippen molar-refractivity contribution in [2.24, 2.45) is 0 Å². The van der Waals surface area contributed by atoms with E-state index < -0.39 is 5.91 Å². The van der Waals surface area contributed by atoms with E-state index in [1.807, 2.05) is 0 Å². The number of aromatic nitrogens is 1. The first-order valence-electron chi connectivity index (χ1n) is 5.95. The van der Waals surface area contributed by atoms with Crippen LogP contribution >= 0.6 is 23.2 Å². The molecule has 2 rings (SSSR count). The van der Waals surface area contributed by atoms with Crippen LogP contribution in [0, 0.1) is 0 Å². The summed E-state index contributed by atoms with van der Waals surface area (Å²) in [5.41, 5.74) is -0.0250. The summed E-state index contributed by atoms with van der Waals surface area (Å²) in [4.78, 5) is 27.2. The lowest BCUT2D eigenvalue weighted by molar-refractivity contribution is -0.120. The molecule has 2 aromatic rings. The van der Waals surface area contributed by atoms with Crippen LogP contribution in [-0.2, 0) is 11.3 Å². The van der Waals surface area contributed by atoms with Crippen LogP contribution < -0.4 is 10.6 Å². The zero-order valence-electron chi connectivity index (χ0n) is 10.7. The summed E-state index contributed by atoms with van der Waals surface area (Å²) in [6.45, 7) is 0.0436. The first kappa shape index (κ1) is 15.3. The van der Waals surface area contributed by atoms with Crippen molar-refractivity contribution in [1.82, 2.24) is 15.6 Å². The summed E-state index contributed by atoms with van der Waals surface area (Å²) >= 11 is 11.5. The molecule has 0 spiro atoms. The Morgan fingerprint density at radius 1 is 1.19 bits per heavy atom. The standard InChI is InChI=1S/C13H11Cl2N3O3/c14-9-3-4-10(15)18-12(9)13(20)17-7-11(19)16-6-8-2-1-5-21-8/h1-5H,6-7H2,(H,16,19)(H,17,20). The molecule has 2 N–H and O–H groups in total. The van der Waals surface area contributed by atoms with Gasteiger partial charge < -0.3 is 15.1 Å². The molecule has 0 fully saturated rings. The number of nitrogens with one attached hydrogen (secondary N) is 2. The van der Waals surface area contributed by atoms with Crippen LogP contribution in [0.1, 0.15) is 16.2 Å². The molecule has 0 unspecified atom stereocenters. The summed E-state index contributed by atoms with van der Waals surface area (Å²) in [5, 5.41) is 5.31. The molecule has 0 saturated carbocycles. The highest BCUT2D eigenvalue weighted by atomic mass is 35.5. The normalized spacial score (nSPS) is 10.2. The third kappa shape index (κ3) is 4.47. The molecule has 0 aromatic carbocycles. The van der Waals surface area contributed by atoms with Crippen LogP contribution in [0.5, 0.6) is 0 Å². The second-order valence-electron chi connectivity index (χ2n) is 4.00. The van der Waals surface area contributed by atoms with Gasteiger partial charge in [0.25, 0.3) is 5.91 Å². The van der Waals surface area contributed by atoms with Gasteiger partial charge in [-0.25, -0.2) is 4.98 Å². The number of carbonyl (C=O) groups is 2. The van der Waals surface area contributed by atoms with Gasteiger partial charge in [-0.05, 0) is 24.3 Å². The predicted octanol–water partition coefficient (Wildman–Crippen LogP) is 2.03. The zero-order chi connectivity index (χ0) is 15.2. The minimum atomic E-state index is -0.573. The maximum atomic E-state index is 11.8. The van der Waals surface area contributed by atoms with Crippen molar-refractivity contribution in [3.05, 3.63) is 52.2 Å². The van der Waals surface area contributed by atoms with Crippen molar-refractivity contribution < 1.29 is 14.0 Å². The zero-order valence-corrected chi connectivity index (χ0v) is 12.2. The third-order valence-electron chi connectivity index (χ3n) is 2.48. The number of carbonyl (C=O) groups excluding carboxylic acids is 2. The highest BCUT2D eigenvalue weighted by molar-refractivity contribution is 6.34. The molecule has 0 aliphatic heterocycles. The number of furan rings is 1. The summed E-state index contributed by atoms with van der Waals surface area (Å²) in [6.07, 6.45) is 1.51. The fourth-order valence-corrected chi connectivity index (χ4v) is 1.82. The van der Waals surface area contributed by atoms with E-state index in [1.54, 1.807) is 12.1 Å². The lowest BCUT2D eigenvalue weighted by atomic mass is 10.3. The Morgan fingerprint density at radius 2 is 2.00 bits per heavy atom. The fourth-order valence-electron chi connectivity index (χ4n) is 1.48. The second kappa shape index (κ2) is 7.10. The minimum Gasteiger partial charge on any atom is -0.467 e. The number of rotatable bonds is 5. The van der Waals surface area contributed by atoms with E-state index in [1.165, 1.54) is 18.4 Å². The van der Waals surface area contributed by atoms with E-state index in [0.29, 0.717) is 5.76 Å². The molecule has 0 bridgehead atoms. The number of halogens is 2. The van der Waals surface area contributed by atoms with Crippen molar-refractivity contribution in [2.75, 3.05) is 6.54 Å². The molecule has 0 aliphatic carbocycles. The van der Waals surface area contributed by atoms with E-state index in [4.69, 9.17) is 27.6 Å². The highest BCUT2D eigenvalue weighted by Gasteiger charge is 2.14. The monoisotopic (exact) mass is 327 g/mol. The van der Waals surface area contributed by atoms with Crippen molar-refractivity contribution in [3.63, 3.8) is 0 Å². The lowest BCUT2D eigenvalue weighted by Gasteiger charge is -2.06. The summed E-state index contributed by atoms with van der Waals surface area (Å²) < 4.78 is 5.06. The molecule has 0 atom stereocenters. The van der Waals surface area contributed by atoms with Gasteiger partial charge in [0.2, 0.25) is 5.91 Å². The largest absolute Gasteiger partial charge is 0.467 e. The number of amides is 2. The Labute approximate surface area is 130 Å². The van der Waals surface area contributed by atoms with Gasteiger partial charge in [-0.3, -0.25) is 9.59 Å². The van der Waals surface area contributed by atoms with Gasteiger partial charge in [0.1, 0.15) is 16.6 Å². The Bertz CT molecular complexity index is 644. The van der Waals surface area contributed by atoms with E-state index in [0.717, 1.165) is 0 Å². The van der Waals surface area contributed by atoms with Gasteiger partial charge in [-0.1, -0.05) is 23.2 Å². The molecule has 6 nitrogen and oxygen atoms in total. The molecule has 0 radical (unpaired) electrons. The molecule has 8 heteroatoms. The smallest absolute Gasteiger partial charge is 0.271 e. The topological polar surface area (TPSA) is 84.2 Å². The van der Waals surface area contributed by atoms with Crippen molar-refractivity contribution >= 4 is 35.0 Å². The van der Waals surface area contributed by atoms with Crippen molar-refractivity contribution in [3.8, 4) is 0 Å². The number of hydrogen-bond acceptors (Lipinski definition) is 4. The molecule has 2 amide bonds. The van der Waals surface area contributed by atoms with E-state index in [2.05, 4.69) is 15.6 Å². The Balaban J connectivity index is 1.83. The maximum absolute atomic E-state index is 11.8. The summed E-state index contributed by atoms with van der Waals surface area (Å²) in [7, 11) is 0. The van der Waals surface area contributed by atoms with Crippen molar-refractivity contribution in [2.45, 2.75) is 6.54 Å². The van der Waals surface area contributed by atoms with Crippen LogP contribution in [0.3, 0.4) is 0 Å². The molecule has 2 aromatic heterocycles. The van der Waals surface area contributed by atoms with Gasteiger partial charge in [0.05, 0.1) is 24.4 Å². The quantitative estimate of drug-likeness (QED) is 0.823. The molecule has 0 aliphatic rings. The van der Waals surface area contributed by atoms with Gasteiger partial charge in [-0.2, -0.15) is 0 Å². The fraction of sp³-hybridized carbons (Fsp3) is 0.154. The predicted molar refractivity (Wildman–Crippen MR) is 77.1 cm³/mol. The lowest BCUT2D eigenvalue weighted by Crippen LogP contribution is -2.37. The van der Waals surface area contributed by atoms with Gasteiger partial charge in [0, 0.05) is 0 Å². The minimum absolute atomic E-state index is 0.0250. The third-order valence-corrected chi connectivity index (χ3v) is 2.99. The average molecular weight is 328 g/mol. The van der Waals surface area contributed by atoms with E-state index in [9.17, 15) is 9.59 Å². The maximum Gasteiger partial charge on any atom is 0.271 e. The first-order chi connectivity index (χ1) is 10.1. The summed E-state index contributed by atoms with van der Waals surface area (Å²) in [6, 6.07) is 6.38. The van der Waals surface area contributed by atoms with E-state index in [-0.39, 0.29) is 34.9 Å². The molecule has 0 saturated heterocycles. The molecular formula is C13H11Cl2N3O3. The SMILES string of the molecule is O=C(CNC(=O)c1nc(Cl)ccc1Cl)NCc1ccco1. The number of pyridine rings is 1. The van der Waals surface area contributed by atoms with Crippen LogP contribution in [0.4, 0.5) is 0 Å². The Hall–Kier alpha value is -2.05. The van der Waals surface area contributed by atoms with Gasteiger partial charge in [0.15, 0.2) is 0 Å². The van der Waals surface area contributed by atoms with Crippen molar-refractivity contribution in [1.29, 1.82) is 0 Å². The van der Waals surface area contributed by atoms with Crippen LogP contribution in [-0.4, -0.2) is 23.3 Å². The molecular weight excluding hydrogens is 317 g/mol. The van der Waals surface area contributed by atoms with Crippen LogP contribution in [0.25, 0.3) is 0 Å². The van der Waals surface area contributed by atoms with E-state index >= 15 is 0 Å². The van der Waals surface area contributed by atoms with Gasteiger partial charge in [-0.15, -0.1) is 0 Å². The van der Waals surface area contributed by atoms with Crippen LogP contribution in [0.2, 0.25) is 10.2 Å².